The van der Waals surface area contributed by atoms with Crippen LogP contribution >= 0.6 is 0 Å². The quantitative estimate of drug-likeness (QED) is 0.548. The van der Waals surface area contributed by atoms with E-state index in [1.54, 1.807) is 20.3 Å². The molecule has 0 amide bonds. The van der Waals surface area contributed by atoms with Gasteiger partial charge in [-0.05, 0) is 24.1 Å². The van der Waals surface area contributed by atoms with E-state index in [0.717, 1.165) is 5.56 Å². The zero-order valence-corrected chi connectivity index (χ0v) is 10.9. The number of ether oxygens (including phenoxy) is 4. The van der Waals surface area contributed by atoms with Crippen molar-refractivity contribution in [2.45, 2.75) is 12.8 Å². The Kier molecular flexibility index (Phi) is 6.00. The summed E-state index contributed by atoms with van der Waals surface area (Å²) in [4.78, 5) is 11.1. The molecule has 18 heavy (non-hydrogen) atoms. The van der Waals surface area contributed by atoms with Gasteiger partial charge in [-0.2, -0.15) is 0 Å². The number of hydrogen-bond acceptors (Lipinski definition) is 5. The number of methoxy groups -OCH3 is 3. The third-order valence-electron chi connectivity index (χ3n) is 2.41. The van der Waals surface area contributed by atoms with Crippen LogP contribution in [0.1, 0.15) is 12.0 Å². The number of carbonyl (C=O) groups excluding carboxylic acids is 1. The smallest absolute Gasteiger partial charge is 0.305 e. The highest BCUT2D eigenvalue weighted by Crippen LogP contribution is 2.28. The highest BCUT2D eigenvalue weighted by Gasteiger charge is 2.07. The average molecular weight is 254 g/mol. The van der Waals surface area contributed by atoms with Gasteiger partial charge < -0.3 is 18.9 Å². The van der Waals surface area contributed by atoms with E-state index >= 15 is 0 Å². The van der Waals surface area contributed by atoms with Gasteiger partial charge in [0.05, 0.1) is 14.2 Å². The van der Waals surface area contributed by atoms with Gasteiger partial charge in [-0.3, -0.25) is 4.79 Å². The molecule has 0 atom stereocenters. The van der Waals surface area contributed by atoms with Crippen molar-refractivity contribution in [2.75, 3.05) is 28.1 Å². The van der Waals surface area contributed by atoms with E-state index in [1.807, 2.05) is 12.1 Å². The standard InChI is InChI=1S/C13H18O5/c1-15-9-18-11-6-4-10(8-12(11)16-2)5-7-13(14)17-3/h4,6,8H,5,7,9H2,1-3H3. The molecule has 5 heteroatoms. The number of esters is 1. The molecule has 0 aliphatic carbocycles. The summed E-state index contributed by atoms with van der Waals surface area (Å²) in [5.74, 6) is 1.00. The molecular formula is C13H18O5. The van der Waals surface area contributed by atoms with Crippen LogP contribution in [0.25, 0.3) is 0 Å². The van der Waals surface area contributed by atoms with E-state index in [2.05, 4.69) is 4.74 Å². The number of benzene rings is 1. The molecule has 5 nitrogen and oxygen atoms in total. The van der Waals surface area contributed by atoms with Gasteiger partial charge in [-0.1, -0.05) is 6.07 Å². The SMILES string of the molecule is COCOc1ccc(CCC(=O)OC)cc1OC. The molecule has 0 fully saturated rings. The number of rotatable bonds is 7. The molecule has 0 bridgehead atoms. The van der Waals surface area contributed by atoms with Gasteiger partial charge in [0.1, 0.15) is 0 Å². The highest BCUT2D eigenvalue weighted by molar-refractivity contribution is 5.69. The molecule has 0 N–H and O–H groups in total. The van der Waals surface area contributed by atoms with E-state index in [4.69, 9.17) is 14.2 Å². The second kappa shape index (κ2) is 7.55. The zero-order chi connectivity index (χ0) is 13.4. The summed E-state index contributed by atoms with van der Waals surface area (Å²) in [5, 5.41) is 0. The minimum absolute atomic E-state index is 0.165. The Morgan fingerprint density at radius 1 is 1.17 bits per heavy atom. The zero-order valence-electron chi connectivity index (χ0n) is 10.9. The molecule has 0 heterocycles. The van der Waals surface area contributed by atoms with Gasteiger partial charge in [0, 0.05) is 13.5 Å². The molecule has 0 unspecified atom stereocenters. The van der Waals surface area contributed by atoms with Crippen molar-refractivity contribution in [1.29, 1.82) is 0 Å². The lowest BCUT2D eigenvalue weighted by Crippen LogP contribution is -2.03. The van der Waals surface area contributed by atoms with Crippen LogP contribution in [0.2, 0.25) is 0 Å². The maximum Gasteiger partial charge on any atom is 0.305 e. The van der Waals surface area contributed by atoms with E-state index in [-0.39, 0.29) is 12.8 Å². The molecule has 0 saturated heterocycles. The minimum atomic E-state index is -0.228. The second-order valence-electron chi connectivity index (χ2n) is 3.61. The predicted octanol–water partition coefficient (Wildman–Crippen LogP) is 1.78. The Hall–Kier alpha value is -1.75. The molecule has 100 valence electrons. The fourth-order valence-corrected chi connectivity index (χ4v) is 1.46. The summed E-state index contributed by atoms with van der Waals surface area (Å²) in [6.07, 6.45) is 0.950. The maximum atomic E-state index is 11.1. The molecule has 0 aliphatic rings. The third kappa shape index (κ3) is 4.25. The van der Waals surface area contributed by atoms with Gasteiger partial charge in [0.25, 0.3) is 0 Å². The Morgan fingerprint density at radius 3 is 2.56 bits per heavy atom. The average Bonchev–Trinajstić information content (AvgIpc) is 2.42. The van der Waals surface area contributed by atoms with Gasteiger partial charge in [0.15, 0.2) is 18.3 Å². The van der Waals surface area contributed by atoms with E-state index in [0.29, 0.717) is 24.3 Å². The highest BCUT2D eigenvalue weighted by atomic mass is 16.7. The molecule has 1 aromatic rings. The summed E-state index contributed by atoms with van der Waals surface area (Å²) in [6.45, 7) is 0.165. The van der Waals surface area contributed by atoms with Crippen LogP contribution in [0.4, 0.5) is 0 Å². The van der Waals surface area contributed by atoms with Crippen LogP contribution in [0.15, 0.2) is 18.2 Å². The molecule has 0 spiro atoms. The fourth-order valence-electron chi connectivity index (χ4n) is 1.46. The fraction of sp³-hybridized carbons (Fsp3) is 0.462. The molecule has 0 aromatic heterocycles. The summed E-state index contributed by atoms with van der Waals surface area (Å²) < 4.78 is 20.0. The summed E-state index contributed by atoms with van der Waals surface area (Å²) >= 11 is 0. The first-order chi connectivity index (χ1) is 8.71. The first kappa shape index (κ1) is 14.3. The second-order valence-corrected chi connectivity index (χ2v) is 3.61. The third-order valence-corrected chi connectivity index (χ3v) is 2.41. The molecular weight excluding hydrogens is 236 g/mol. The molecule has 0 radical (unpaired) electrons. The van der Waals surface area contributed by atoms with Crippen LogP contribution in [0, 0.1) is 0 Å². The van der Waals surface area contributed by atoms with Crippen molar-refractivity contribution >= 4 is 5.97 Å². The lowest BCUT2D eigenvalue weighted by molar-refractivity contribution is -0.140. The Bertz CT molecular complexity index is 389. The normalized spacial score (nSPS) is 9.94. The van der Waals surface area contributed by atoms with Crippen LogP contribution < -0.4 is 9.47 Å². The van der Waals surface area contributed by atoms with Crippen molar-refractivity contribution in [2.24, 2.45) is 0 Å². The number of aryl methyl sites for hydroxylation is 1. The van der Waals surface area contributed by atoms with Crippen LogP contribution in [-0.4, -0.2) is 34.1 Å². The topological polar surface area (TPSA) is 54.0 Å². The monoisotopic (exact) mass is 254 g/mol. The lowest BCUT2D eigenvalue weighted by atomic mass is 10.1. The van der Waals surface area contributed by atoms with Crippen LogP contribution in [0.5, 0.6) is 11.5 Å². The maximum absolute atomic E-state index is 11.1. The number of carbonyl (C=O) groups is 1. The van der Waals surface area contributed by atoms with Crippen LogP contribution in [-0.2, 0) is 20.7 Å². The van der Waals surface area contributed by atoms with Gasteiger partial charge >= 0.3 is 5.97 Å². The largest absolute Gasteiger partial charge is 0.493 e. The molecule has 0 saturated carbocycles. The Balaban J connectivity index is 2.68. The van der Waals surface area contributed by atoms with E-state index < -0.39 is 0 Å². The summed E-state index contributed by atoms with van der Waals surface area (Å²) in [6, 6.07) is 5.52. The summed E-state index contributed by atoms with van der Waals surface area (Å²) in [7, 11) is 4.50. The minimum Gasteiger partial charge on any atom is -0.493 e. The van der Waals surface area contributed by atoms with Gasteiger partial charge in [-0.15, -0.1) is 0 Å². The first-order valence-corrected chi connectivity index (χ1v) is 5.56. The molecule has 1 rings (SSSR count). The first-order valence-electron chi connectivity index (χ1n) is 5.56. The molecule has 1 aromatic carbocycles. The predicted molar refractivity (Wildman–Crippen MR) is 65.8 cm³/mol. The Morgan fingerprint density at radius 2 is 1.94 bits per heavy atom. The van der Waals surface area contributed by atoms with Crippen molar-refractivity contribution < 1.29 is 23.7 Å². The van der Waals surface area contributed by atoms with Crippen molar-refractivity contribution in [3.63, 3.8) is 0 Å². The summed E-state index contributed by atoms with van der Waals surface area (Å²) in [5.41, 5.74) is 0.988. The van der Waals surface area contributed by atoms with Crippen molar-refractivity contribution in [1.82, 2.24) is 0 Å². The number of hydrogen-bond donors (Lipinski definition) is 0. The van der Waals surface area contributed by atoms with E-state index in [9.17, 15) is 4.79 Å². The van der Waals surface area contributed by atoms with E-state index in [1.165, 1.54) is 7.11 Å². The molecule has 0 aliphatic heterocycles. The van der Waals surface area contributed by atoms with Crippen molar-refractivity contribution in [3.05, 3.63) is 23.8 Å². The Labute approximate surface area is 107 Å². The van der Waals surface area contributed by atoms with Gasteiger partial charge in [-0.25, -0.2) is 0 Å². The van der Waals surface area contributed by atoms with Gasteiger partial charge in [0.2, 0.25) is 0 Å². The van der Waals surface area contributed by atoms with Crippen LogP contribution in [0.3, 0.4) is 0 Å². The van der Waals surface area contributed by atoms with Crippen molar-refractivity contribution in [3.8, 4) is 11.5 Å². The lowest BCUT2D eigenvalue weighted by Gasteiger charge is -2.11.